The Hall–Kier alpha value is -0.860. The Morgan fingerprint density at radius 3 is 2.21 bits per heavy atom. The van der Waals surface area contributed by atoms with Crippen molar-refractivity contribution < 1.29 is 9.78 Å². The summed E-state index contributed by atoms with van der Waals surface area (Å²) in [5, 5.41) is 0. The minimum atomic E-state index is -0.00352. The predicted molar refractivity (Wildman–Crippen MR) is 59.0 cm³/mol. The molecule has 0 spiro atoms. The molecule has 2 nitrogen and oxygen atoms in total. The highest BCUT2D eigenvalue weighted by atomic mass is 17.2. The van der Waals surface area contributed by atoms with Crippen LogP contribution in [0.5, 0.6) is 0 Å². The van der Waals surface area contributed by atoms with E-state index in [1.54, 1.807) is 0 Å². The van der Waals surface area contributed by atoms with Gasteiger partial charge in [-0.1, -0.05) is 38.1 Å². The molecule has 1 aromatic rings. The lowest BCUT2D eigenvalue weighted by atomic mass is 10.1. The average Bonchev–Trinajstić information content (AvgIpc) is 2.22. The highest BCUT2D eigenvalue weighted by Crippen LogP contribution is 2.19. The smallest absolute Gasteiger partial charge is 0.115 e. The van der Waals surface area contributed by atoms with Gasteiger partial charge in [0.15, 0.2) is 0 Å². The first-order valence-electron chi connectivity index (χ1n) is 5.00. The fraction of sp³-hybridized carbons (Fsp3) is 0.500. The van der Waals surface area contributed by atoms with Crippen LogP contribution >= 0.6 is 0 Å². The molecule has 0 aliphatic carbocycles. The Morgan fingerprint density at radius 2 is 1.71 bits per heavy atom. The monoisotopic (exact) mass is 196 g/mol. The van der Waals surface area contributed by atoms with E-state index in [4.69, 9.17) is 4.89 Å². The standard InChI is InChI=1S/C10H14O2.C2H6/c1-8-6-4-5-7-10(8)9(2)12-11-3;1-2/h4-7,9H,1-3H3;1-2H3. The van der Waals surface area contributed by atoms with Crippen LogP contribution in [-0.2, 0) is 9.78 Å². The third kappa shape index (κ3) is 3.90. The molecule has 0 aliphatic rings. The molecule has 0 aliphatic heterocycles. The number of benzene rings is 1. The summed E-state index contributed by atoms with van der Waals surface area (Å²) >= 11 is 0. The molecule has 80 valence electrons. The number of aryl methyl sites for hydroxylation is 1. The predicted octanol–water partition coefficient (Wildman–Crippen LogP) is 3.66. The van der Waals surface area contributed by atoms with Crippen LogP contribution in [-0.4, -0.2) is 7.11 Å². The molecule has 0 radical (unpaired) electrons. The molecular formula is C12H20O2. The quantitative estimate of drug-likeness (QED) is 0.542. The van der Waals surface area contributed by atoms with Gasteiger partial charge < -0.3 is 0 Å². The summed E-state index contributed by atoms with van der Waals surface area (Å²) < 4.78 is 0. The van der Waals surface area contributed by atoms with Crippen molar-refractivity contribution in [2.45, 2.75) is 33.8 Å². The molecule has 0 aromatic heterocycles. The second-order valence-electron chi connectivity index (χ2n) is 2.76. The maximum absolute atomic E-state index is 5.01. The molecule has 1 atom stereocenters. The van der Waals surface area contributed by atoms with Crippen LogP contribution < -0.4 is 0 Å². The molecule has 0 amide bonds. The molecular weight excluding hydrogens is 176 g/mol. The van der Waals surface area contributed by atoms with Crippen molar-refractivity contribution in [2.24, 2.45) is 0 Å². The van der Waals surface area contributed by atoms with E-state index in [9.17, 15) is 0 Å². The second-order valence-corrected chi connectivity index (χ2v) is 2.76. The number of hydrogen-bond donors (Lipinski definition) is 0. The van der Waals surface area contributed by atoms with Gasteiger partial charge in [0, 0.05) is 0 Å². The van der Waals surface area contributed by atoms with Crippen LogP contribution in [0.2, 0.25) is 0 Å². The van der Waals surface area contributed by atoms with Gasteiger partial charge in [0.2, 0.25) is 0 Å². The van der Waals surface area contributed by atoms with Crippen LogP contribution in [0.1, 0.15) is 38.0 Å². The zero-order valence-corrected chi connectivity index (χ0v) is 9.70. The topological polar surface area (TPSA) is 18.5 Å². The van der Waals surface area contributed by atoms with Crippen LogP contribution in [0.4, 0.5) is 0 Å². The molecule has 0 bridgehead atoms. The highest BCUT2D eigenvalue weighted by Gasteiger charge is 2.07. The Labute approximate surface area is 86.8 Å². The van der Waals surface area contributed by atoms with E-state index in [0.29, 0.717) is 0 Å². The number of rotatable bonds is 3. The minimum Gasteiger partial charge on any atom is -0.239 e. The SMILES string of the molecule is CC.COOC(C)c1ccccc1C. The lowest BCUT2D eigenvalue weighted by molar-refractivity contribution is -0.303. The first-order chi connectivity index (χ1) is 6.75. The lowest BCUT2D eigenvalue weighted by Gasteiger charge is -2.12. The minimum absolute atomic E-state index is 0.00352. The van der Waals surface area contributed by atoms with Crippen molar-refractivity contribution >= 4 is 0 Å². The maximum atomic E-state index is 5.01. The van der Waals surface area contributed by atoms with Crippen LogP contribution in [0.25, 0.3) is 0 Å². The molecule has 0 heterocycles. The van der Waals surface area contributed by atoms with E-state index in [0.717, 1.165) is 0 Å². The van der Waals surface area contributed by atoms with Gasteiger partial charge in [0.1, 0.15) is 6.10 Å². The normalized spacial score (nSPS) is 11.5. The molecule has 0 N–H and O–H groups in total. The Morgan fingerprint density at radius 1 is 1.14 bits per heavy atom. The van der Waals surface area contributed by atoms with E-state index < -0.39 is 0 Å². The second kappa shape index (κ2) is 7.54. The summed E-state index contributed by atoms with van der Waals surface area (Å²) in [5.41, 5.74) is 2.39. The fourth-order valence-corrected chi connectivity index (χ4v) is 1.24. The van der Waals surface area contributed by atoms with Gasteiger partial charge >= 0.3 is 0 Å². The van der Waals surface area contributed by atoms with Gasteiger partial charge in [-0.15, -0.1) is 0 Å². The summed E-state index contributed by atoms with van der Waals surface area (Å²) in [6.07, 6.45) is -0.00352. The molecule has 14 heavy (non-hydrogen) atoms. The first-order valence-corrected chi connectivity index (χ1v) is 5.00. The van der Waals surface area contributed by atoms with Gasteiger partial charge in [0.05, 0.1) is 7.11 Å². The van der Waals surface area contributed by atoms with E-state index in [1.165, 1.54) is 18.2 Å². The van der Waals surface area contributed by atoms with Crippen molar-refractivity contribution in [3.8, 4) is 0 Å². The van der Waals surface area contributed by atoms with Crippen molar-refractivity contribution in [2.75, 3.05) is 7.11 Å². The van der Waals surface area contributed by atoms with Gasteiger partial charge in [0.25, 0.3) is 0 Å². The first kappa shape index (κ1) is 13.1. The van der Waals surface area contributed by atoms with Gasteiger partial charge in [-0.2, -0.15) is 0 Å². The summed E-state index contributed by atoms with van der Waals surface area (Å²) in [7, 11) is 1.52. The van der Waals surface area contributed by atoms with E-state index in [2.05, 4.69) is 17.9 Å². The van der Waals surface area contributed by atoms with E-state index in [1.807, 2.05) is 39.0 Å². The largest absolute Gasteiger partial charge is 0.239 e. The molecule has 0 saturated carbocycles. The van der Waals surface area contributed by atoms with Crippen LogP contribution in [0, 0.1) is 6.92 Å². The highest BCUT2D eigenvalue weighted by molar-refractivity contribution is 5.27. The zero-order valence-electron chi connectivity index (χ0n) is 9.70. The third-order valence-corrected chi connectivity index (χ3v) is 1.87. The Bertz CT molecular complexity index is 246. The van der Waals surface area contributed by atoms with Gasteiger partial charge in [-0.3, -0.25) is 0 Å². The van der Waals surface area contributed by atoms with Crippen molar-refractivity contribution in [3.63, 3.8) is 0 Å². The Kier molecular flexibility index (Phi) is 7.07. The maximum Gasteiger partial charge on any atom is 0.115 e. The fourth-order valence-electron chi connectivity index (χ4n) is 1.24. The number of hydrogen-bond acceptors (Lipinski definition) is 2. The molecule has 0 fully saturated rings. The summed E-state index contributed by atoms with van der Waals surface area (Å²) in [6.45, 7) is 8.02. The zero-order chi connectivity index (χ0) is 11.0. The molecule has 1 rings (SSSR count). The van der Waals surface area contributed by atoms with Crippen LogP contribution in [0.15, 0.2) is 24.3 Å². The summed E-state index contributed by atoms with van der Waals surface area (Å²) in [4.78, 5) is 9.62. The van der Waals surface area contributed by atoms with Gasteiger partial charge in [-0.25, -0.2) is 9.78 Å². The van der Waals surface area contributed by atoms with E-state index in [-0.39, 0.29) is 6.10 Å². The van der Waals surface area contributed by atoms with Crippen LogP contribution in [0.3, 0.4) is 0 Å². The van der Waals surface area contributed by atoms with Crippen molar-refractivity contribution in [3.05, 3.63) is 35.4 Å². The van der Waals surface area contributed by atoms with E-state index >= 15 is 0 Å². The molecule has 0 saturated heterocycles. The molecule has 1 unspecified atom stereocenters. The summed E-state index contributed by atoms with van der Waals surface area (Å²) in [5.74, 6) is 0. The lowest BCUT2D eigenvalue weighted by Crippen LogP contribution is -2.00. The van der Waals surface area contributed by atoms with Crippen molar-refractivity contribution in [1.82, 2.24) is 0 Å². The average molecular weight is 196 g/mol. The molecule has 1 aromatic carbocycles. The molecule has 2 heteroatoms. The van der Waals surface area contributed by atoms with Crippen molar-refractivity contribution in [1.29, 1.82) is 0 Å². The summed E-state index contributed by atoms with van der Waals surface area (Å²) in [6, 6.07) is 8.11. The third-order valence-electron chi connectivity index (χ3n) is 1.87. The Balaban J connectivity index is 0.000000791. The van der Waals surface area contributed by atoms with Gasteiger partial charge in [-0.05, 0) is 25.0 Å².